The SMILES string of the molecule is Cc1ccc(SCCNC(=O)CN(c2nccs2)S(=O)(=O)c2ccccc2)cc1. The van der Waals surface area contributed by atoms with Crippen molar-refractivity contribution in [1.82, 2.24) is 10.3 Å². The first-order valence-electron chi connectivity index (χ1n) is 8.90. The minimum absolute atomic E-state index is 0.123. The summed E-state index contributed by atoms with van der Waals surface area (Å²) in [5.41, 5.74) is 1.20. The number of anilines is 1. The fourth-order valence-electron chi connectivity index (χ4n) is 2.49. The maximum absolute atomic E-state index is 13.0. The number of aromatic nitrogens is 1. The van der Waals surface area contributed by atoms with E-state index in [1.165, 1.54) is 35.2 Å². The number of thiazole rings is 1. The minimum atomic E-state index is -3.88. The molecule has 152 valence electrons. The zero-order valence-corrected chi connectivity index (χ0v) is 18.3. The lowest BCUT2D eigenvalue weighted by Crippen LogP contribution is -2.41. The Morgan fingerprint density at radius 3 is 2.52 bits per heavy atom. The van der Waals surface area contributed by atoms with Crippen LogP contribution in [0, 0.1) is 6.92 Å². The van der Waals surface area contributed by atoms with Gasteiger partial charge in [-0.1, -0.05) is 35.9 Å². The summed E-state index contributed by atoms with van der Waals surface area (Å²) < 4.78 is 27.1. The summed E-state index contributed by atoms with van der Waals surface area (Å²) in [6.07, 6.45) is 1.52. The number of hydrogen-bond donors (Lipinski definition) is 1. The van der Waals surface area contributed by atoms with Crippen LogP contribution in [0.1, 0.15) is 5.56 Å². The highest BCUT2D eigenvalue weighted by molar-refractivity contribution is 7.99. The lowest BCUT2D eigenvalue weighted by molar-refractivity contribution is -0.119. The third kappa shape index (κ3) is 5.81. The first kappa shape index (κ1) is 21.4. The van der Waals surface area contributed by atoms with Gasteiger partial charge in [0.25, 0.3) is 10.0 Å². The van der Waals surface area contributed by atoms with Crippen molar-refractivity contribution in [3.8, 4) is 0 Å². The van der Waals surface area contributed by atoms with E-state index in [9.17, 15) is 13.2 Å². The minimum Gasteiger partial charge on any atom is -0.354 e. The number of rotatable bonds is 9. The Morgan fingerprint density at radius 1 is 1.14 bits per heavy atom. The second-order valence-corrected chi connectivity index (χ2v) is 10.1. The Bertz CT molecular complexity index is 1020. The van der Waals surface area contributed by atoms with E-state index in [2.05, 4.69) is 10.3 Å². The van der Waals surface area contributed by atoms with Gasteiger partial charge >= 0.3 is 0 Å². The highest BCUT2D eigenvalue weighted by Crippen LogP contribution is 2.25. The lowest BCUT2D eigenvalue weighted by Gasteiger charge is -2.21. The topological polar surface area (TPSA) is 79.4 Å². The summed E-state index contributed by atoms with van der Waals surface area (Å²) in [5.74, 6) is 0.321. The summed E-state index contributed by atoms with van der Waals surface area (Å²) in [5, 5.41) is 4.73. The van der Waals surface area contributed by atoms with Gasteiger partial charge in [-0.15, -0.1) is 23.1 Å². The van der Waals surface area contributed by atoms with Crippen LogP contribution in [0.4, 0.5) is 5.13 Å². The van der Waals surface area contributed by atoms with Crippen LogP contribution < -0.4 is 9.62 Å². The van der Waals surface area contributed by atoms with E-state index in [1.807, 2.05) is 31.2 Å². The smallest absolute Gasteiger partial charge is 0.266 e. The van der Waals surface area contributed by atoms with Crippen LogP contribution in [0.5, 0.6) is 0 Å². The molecule has 3 aromatic rings. The molecule has 0 aliphatic carbocycles. The summed E-state index contributed by atoms with van der Waals surface area (Å²) in [6.45, 7) is 2.15. The Labute approximate surface area is 179 Å². The monoisotopic (exact) mass is 447 g/mol. The third-order valence-corrected chi connectivity index (χ3v) is 7.64. The molecule has 1 amide bonds. The fourth-order valence-corrected chi connectivity index (χ4v) is 5.53. The number of sulfonamides is 1. The maximum atomic E-state index is 13.0. The fraction of sp³-hybridized carbons (Fsp3) is 0.200. The van der Waals surface area contributed by atoms with Gasteiger partial charge in [0.2, 0.25) is 5.91 Å². The van der Waals surface area contributed by atoms with E-state index in [0.717, 1.165) is 9.20 Å². The van der Waals surface area contributed by atoms with Crippen molar-refractivity contribution in [2.45, 2.75) is 16.7 Å². The Hall–Kier alpha value is -2.36. The average molecular weight is 448 g/mol. The lowest BCUT2D eigenvalue weighted by atomic mass is 10.2. The van der Waals surface area contributed by atoms with Crippen molar-refractivity contribution in [2.75, 3.05) is 23.1 Å². The van der Waals surface area contributed by atoms with Crippen LogP contribution >= 0.6 is 23.1 Å². The molecule has 0 spiro atoms. The van der Waals surface area contributed by atoms with Crippen LogP contribution in [0.3, 0.4) is 0 Å². The van der Waals surface area contributed by atoms with Gasteiger partial charge in [0, 0.05) is 28.8 Å². The van der Waals surface area contributed by atoms with Crippen molar-refractivity contribution in [2.24, 2.45) is 0 Å². The molecule has 0 radical (unpaired) electrons. The molecule has 1 aromatic heterocycles. The second-order valence-electron chi connectivity index (χ2n) is 6.15. The predicted octanol–water partition coefficient (Wildman–Crippen LogP) is 3.56. The summed E-state index contributed by atoms with van der Waals surface area (Å²) in [7, 11) is -3.88. The van der Waals surface area contributed by atoms with Crippen molar-refractivity contribution in [3.63, 3.8) is 0 Å². The number of hydrogen-bond acceptors (Lipinski definition) is 6. The first-order valence-corrected chi connectivity index (χ1v) is 12.2. The summed E-state index contributed by atoms with van der Waals surface area (Å²) in [4.78, 5) is 17.8. The van der Waals surface area contributed by atoms with Gasteiger partial charge in [-0.3, -0.25) is 4.79 Å². The zero-order valence-electron chi connectivity index (χ0n) is 15.8. The van der Waals surface area contributed by atoms with Crippen LogP contribution in [-0.2, 0) is 14.8 Å². The van der Waals surface area contributed by atoms with E-state index in [1.54, 1.807) is 35.3 Å². The molecule has 0 unspecified atom stereocenters. The Balaban J connectivity index is 1.61. The van der Waals surface area contributed by atoms with Crippen molar-refractivity contribution < 1.29 is 13.2 Å². The van der Waals surface area contributed by atoms with Gasteiger partial charge in [-0.25, -0.2) is 17.7 Å². The molecule has 0 atom stereocenters. The molecular formula is C20H21N3O3S3. The number of carbonyl (C=O) groups is 1. The molecule has 0 saturated heterocycles. The van der Waals surface area contributed by atoms with Gasteiger partial charge in [0.05, 0.1) is 4.90 Å². The molecule has 0 aliphatic heterocycles. The van der Waals surface area contributed by atoms with Gasteiger partial charge in [0.15, 0.2) is 5.13 Å². The molecule has 0 bridgehead atoms. The summed E-state index contributed by atoms with van der Waals surface area (Å²) >= 11 is 2.81. The molecule has 0 fully saturated rings. The van der Waals surface area contributed by atoms with Crippen LogP contribution in [0.25, 0.3) is 0 Å². The molecule has 2 aromatic carbocycles. The normalized spacial score (nSPS) is 11.2. The van der Waals surface area contributed by atoms with Crippen molar-refractivity contribution in [1.29, 1.82) is 0 Å². The number of benzene rings is 2. The highest BCUT2D eigenvalue weighted by atomic mass is 32.2. The van der Waals surface area contributed by atoms with E-state index in [-0.39, 0.29) is 22.5 Å². The van der Waals surface area contributed by atoms with Crippen molar-refractivity contribution >= 4 is 44.2 Å². The first-order chi connectivity index (χ1) is 14.0. The molecule has 1 heterocycles. The number of carbonyl (C=O) groups excluding carboxylic acids is 1. The molecule has 0 aliphatic rings. The van der Waals surface area contributed by atoms with E-state index < -0.39 is 10.0 Å². The molecular weight excluding hydrogens is 426 g/mol. The van der Waals surface area contributed by atoms with Crippen LogP contribution in [0.2, 0.25) is 0 Å². The molecule has 3 rings (SSSR count). The average Bonchev–Trinajstić information content (AvgIpc) is 3.25. The van der Waals surface area contributed by atoms with Gasteiger partial charge < -0.3 is 5.32 Å². The van der Waals surface area contributed by atoms with Gasteiger partial charge in [-0.2, -0.15) is 0 Å². The van der Waals surface area contributed by atoms with Crippen LogP contribution in [-0.4, -0.2) is 38.2 Å². The largest absolute Gasteiger partial charge is 0.354 e. The van der Waals surface area contributed by atoms with E-state index in [4.69, 9.17) is 0 Å². The number of thioether (sulfide) groups is 1. The van der Waals surface area contributed by atoms with E-state index in [0.29, 0.717) is 12.3 Å². The predicted molar refractivity (Wildman–Crippen MR) is 118 cm³/mol. The molecule has 1 N–H and O–H groups in total. The number of nitrogens with zero attached hydrogens (tertiary/aromatic N) is 2. The van der Waals surface area contributed by atoms with Gasteiger partial charge in [-0.05, 0) is 31.2 Å². The second kappa shape index (κ2) is 9.91. The van der Waals surface area contributed by atoms with Gasteiger partial charge in [0.1, 0.15) is 6.54 Å². The summed E-state index contributed by atoms with van der Waals surface area (Å²) in [6, 6.07) is 16.2. The van der Waals surface area contributed by atoms with Crippen molar-refractivity contribution in [3.05, 3.63) is 71.7 Å². The molecule has 6 nitrogen and oxygen atoms in total. The zero-order chi connectivity index (χ0) is 20.7. The number of amides is 1. The number of nitrogens with one attached hydrogen (secondary N) is 1. The Kier molecular flexibility index (Phi) is 7.29. The van der Waals surface area contributed by atoms with E-state index >= 15 is 0 Å². The quantitative estimate of drug-likeness (QED) is 0.401. The standard InChI is InChI=1S/C20H21N3O3S3/c1-16-7-9-17(10-8-16)27-13-11-21-19(24)15-23(20-22-12-14-28-20)29(25,26)18-5-3-2-4-6-18/h2-10,12,14H,11,13,15H2,1H3,(H,21,24). The third-order valence-electron chi connectivity index (χ3n) is 3.96. The Morgan fingerprint density at radius 2 is 1.86 bits per heavy atom. The number of aryl methyl sites for hydroxylation is 1. The molecule has 29 heavy (non-hydrogen) atoms. The molecule has 9 heteroatoms. The van der Waals surface area contributed by atoms with Crippen LogP contribution in [0.15, 0.2) is 76.0 Å². The highest BCUT2D eigenvalue weighted by Gasteiger charge is 2.28. The molecule has 0 saturated carbocycles. The maximum Gasteiger partial charge on any atom is 0.266 e.